The fraction of sp³-hybridized carbons (Fsp3) is 0.632. The Bertz CT molecular complexity index is 510. The Morgan fingerprint density at radius 2 is 2.04 bits per heavy atom. The number of nitrogens with zero attached hydrogens (tertiary/aromatic N) is 2. The number of guanidine groups is 1. The van der Waals surface area contributed by atoms with E-state index in [-0.39, 0.29) is 0 Å². The van der Waals surface area contributed by atoms with Crippen LogP contribution in [-0.4, -0.2) is 55.6 Å². The maximum Gasteiger partial charge on any atom is 0.191 e. The first-order chi connectivity index (χ1) is 11.7. The van der Waals surface area contributed by atoms with Crippen LogP contribution in [-0.2, 0) is 6.54 Å². The molecule has 0 spiro atoms. The molecule has 1 saturated heterocycles. The number of thioether (sulfide) groups is 1. The highest BCUT2D eigenvalue weighted by atomic mass is 32.2. The predicted molar refractivity (Wildman–Crippen MR) is 107 cm³/mol. The van der Waals surface area contributed by atoms with Crippen LogP contribution in [0.5, 0.6) is 0 Å². The molecule has 0 unspecified atom stereocenters. The third kappa shape index (κ3) is 6.36. The largest absolute Gasteiger partial charge is 0.356 e. The molecule has 0 atom stereocenters. The van der Waals surface area contributed by atoms with Crippen LogP contribution in [0.25, 0.3) is 0 Å². The second kappa shape index (κ2) is 10.6. The molecule has 1 heterocycles. The molecular formula is C19H32N4S. The molecule has 1 aliphatic heterocycles. The summed E-state index contributed by atoms with van der Waals surface area (Å²) in [5.74, 6) is 2.15. The third-order valence-corrected chi connectivity index (χ3v) is 5.32. The van der Waals surface area contributed by atoms with Crippen LogP contribution in [0.4, 0.5) is 0 Å². The average Bonchev–Trinajstić information content (AvgIpc) is 2.61. The number of benzene rings is 1. The lowest BCUT2D eigenvalue weighted by atomic mass is 10.0. The van der Waals surface area contributed by atoms with Gasteiger partial charge in [-0.1, -0.05) is 24.3 Å². The molecule has 1 aliphatic rings. The summed E-state index contributed by atoms with van der Waals surface area (Å²) < 4.78 is 0. The first-order valence-electron chi connectivity index (χ1n) is 8.96. The van der Waals surface area contributed by atoms with Crippen molar-refractivity contribution in [2.24, 2.45) is 4.99 Å². The maximum atomic E-state index is 4.35. The van der Waals surface area contributed by atoms with Crippen LogP contribution in [0.1, 0.15) is 30.4 Å². The smallest absolute Gasteiger partial charge is 0.191 e. The Balaban J connectivity index is 1.71. The minimum absolute atomic E-state index is 0.532. The van der Waals surface area contributed by atoms with E-state index in [2.05, 4.69) is 58.0 Å². The third-order valence-electron chi connectivity index (χ3n) is 4.62. The molecule has 24 heavy (non-hydrogen) atoms. The van der Waals surface area contributed by atoms with Gasteiger partial charge in [0, 0.05) is 39.3 Å². The highest BCUT2D eigenvalue weighted by Crippen LogP contribution is 2.16. The van der Waals surface area contributed by atoms with Gasteiger partial charge in [0.1, 0.15) is 0 Å². The van der Waals surface area contributed by atoms with Gasteiger partial charge < -0.3 is 10.6 Å². The normalized spacial score (nSPS) is 17.0. The summed E-state index contributed by atoms with van der Waals surface area (Å²) in [7, 11) is 1.86. The summed E-state index contributed by atoms with van der Waals surface area (Å²) in [6.45, 7) is 6.56. The van der Waals surface area contributed by atoms with E-state index in [9.17, 15) is 0 Å². The second-order valence-corrected chi connectivity index (χ2v) is 7.45. The second-order valence-electron chi connectivity index (χ2n) is 6.47. The van der Waals surface area contributed by atoms with Crippen molar-refractivity contribution in [3.05, 3.63) is 35.4 Å². The molecule has 0 aliphatic carbocycles. The lowest BCUT2D eigenvalue weighted by Gasteiger charge is -2.33. The summed E-state index contributed by atoms with van der Waals surface area (Å²) in [4.78, 5) is 6.92. The predicted octanol–water partition coefficient (Wildman–Crippen LogP) is 2.88. The van der Waals surface area contributed by atoms with Crippen molar-refractivity contribution >= 4 is 17.7 Å². The van der Waals surface area contributed by atoms with E-state index in [0.29, 0.717) is 6.04 Å². The molecule has 0 aromatic heterocycles. The van der Waals surface area contributed by atoms with Crippen molar-refractivity contribution in [1.82, 2.24) is 15.5 Å². The Labute approximate surface area is 151 Å². The molecule has 0 radical (unpaired) electrons. The lowest BCUT2D eigenvalue weighted by molar-refractivity contribution is 0.198. The molecule has 1 fully saturated rings. The number of rotatable bonds is 7. The molecule has 0 bridgehead atoms. The highest BCUT2D eigenvalue weighted by Gasteiger charge is 2.20. The van der Waals surface area contributed by atoms with Gasteiger partial charge in [-0.3, -0.25) is 9.89 Å². The van der Waals surface area contributed by atoms with E-state index < -0.39 is 0 Å². The number of piperidine rings is 1. The zero-order valence-electron chi connectivity index (χ0n) is 15.3. The molecule has 1 aromatic carbocycles. The van der Waals surface area contributed by atoms with Crippen LogP contribution in [0.3, 0.4) is 0 Å². The molecule has 0 amide bonds. The van der Waals surface area contributed by atoms with Crippen molar-refractivity contribution in [3.8, 4) is 0 Å². The molecule has 0 saturated carbocycles. The van der Waals surface area contributed by atoms with Crippen LogP contribution in [0, 0.1) is 6.92 Å². The Morgan fingerprint density at radius 1 is 1.29 bits per heavy atom. The van der Waals surface area contributed by atoms with Crippen LogP contribution in [0.2, 0.25) is 0 Å². The first kappa shape index (κ1) is 19.1. The zero-order valence-corrected chi connectivity index (χ0v) is 16.2. The van der Waals surface area contributed by atoms with E-state index in [1.54, 1.807) is 0 Å². The standard InChI is InChI=1S/C19H32N4S/c1-16-7-4-5-8-17(16)15-23-12-9-18(10-13-23)22-19(20-2)21-11-6-14-24-3/h4-5,7-8,18H,6,9-15H2,1-3H3,(H2,20,21,22). The molecular weight excluding hydrogens is 316 g/mol. The molecule has 2 N–H and O–H groups in total. The van der Waals surface area contributed by atoms with Gasteiger partial charge in [0.05, 0.1) is 0 Å². The van der Waals surface area contributed by atoms with Gasteiger partial charge in [0.15, 0.2) is 5.96 Å². The zero-order chi connectivity index (χ0) is 17.2. The molecule has 5 heteroatoms. The molecule has 2 rings (SSSR count). The van der Waals surface area contributed by atoms with Crippen molar-refractivity contribution in [1.29, 1.82) is 0 Å². The summed E-state index contributed by atoms with van der Waals surface area (Å²) >= 11 is 1.89. The lowest BCUT2D eigenvalue weighted by Crippen LogP contribution is -2.48. The van der Waals surface area contributed by atoms with Crippen molar-refractivity contribution in [2.45, 2.75) is 38.8 Å². The van der Waals surface area contributed by atoms with Gasteiger partial charge in [0.2, 0.25) is 0 Å². The maximum absolute atomic E-state index is 4.35. The van der Waals surface area contributed by atoms with Crippen molar-refractivity contribution < 1.29 is 0 Å². The molecule has 134 valence electrons. The monoisotopic (exact) mass is 348 g/mol. The minimum Gasteiger partial charge on any atom is -0.356 e. The van der Waals surface area contributed by atoms with Gasteiger partial charge in [-0.05, 0) is 49.3 Å². The van der Waals surface area contributed by atoms with Crippen molar-refractivity contribution in [2.75, 3.05) is 38.7 Å². The van der Waals surface area contributed by atoms with Crippen LogP contribution in [0.15, 0.2) is 29.3 Å². The van der Waals surface area contributed by atoms with Crippen LogP contribution >= 0.6 is 11.8 Å². The summed E-state index contributed by atoms with van der Waals surface area (Å²) in [5, 5.41) is 7.01. The molecule has 4 nitrogen and oxygen atoms in total. The van der Waals surface area contributed by atoms with Gasteiger partial charge in [-0.15, -0.1) is 0 Å². The fourth-order valence-electron chi connectivity index (χ4n) is 3.08. The number of likely N-dealkylation sites (tertiary alicyclic amines) is 1. The highest BCUT2D eigenvalue weighted by molar-refractivity contribution is 7.98. The topological polar surface area (TPSA) is 39.7 Å². The van der Waals surface area contributed by atoms with Gasteiger partial charge in [-0.2, -0.15) is 11.8 Å². The van der Waals surface area contributed by atoms with E-state index in [1.807, 2.05) is 18.8 Å². The Kier molecular flexibility index (Phi) is 8.47. The minimum atomic E-state index is 0.532. The van der Waals surface area contributed by atoms with E-state index >= 15 is 0 Å². The average molecular weight is 349 g/mol. The number of hydrogen-bond donors (Lipinski definition) is 2. The SMILES string of the molecule is CN=C(NCCCSC)NC1CCN(Cc2ccccc2C)CC1. The Hall–Kier alpha value is -1.20. The van der Waals surface area contributed by atoms with E-state index in [4.69, 9.17) is 0 Å². The summed E-state index contributed by atoms with van der Waals surface area (Å²) in [6.07, 6.45) is 5.68. The number of nitrogens with one attached hydrogen (secondary N) is 2. The van der Waals surface area contributed by atoms with Gasteiger partial charge >= 0.3 is 0 Å². The van der Waals surface area contributed by atoms with E-state index in [0.717, 1.165) is 32.1 Å². The van der Waals surface area contributed by atoms with Crippen LogP contribution < -0.4 is 10.6 Å². The fourth-order valence-corrected chi connectivity index (χ4v) is 3.51. The van der Waals surface area contributed by atoms with Gasteiger partial charge in [-0.25, -0.2) is 0 Å². The Morgan fingerprint density at radius 3 is 2.71 bits per heavy atom. The number of aryl methyl sites for hydroxylation is 1. The number of aliphatic imine (C=N–C) groups is 1. The van der Waals surface area contributed by atoms with Crippen molar-refractivity contribution in [3.63, 3.8) is 0 Å². The summed E-state index contributed by atoms with van der Waals surface area (Å²) in [5.41, 5.74) is 2.85. The van der Waals surface area contributed by atoms with E-state index in [1.165, 1.54) is 36.1 Å². The first-order valence-corrected chi connectivity index (χ1v) is 10.3. The van der Waals surface area contributed by atoms with Gasteiger partial charge in [0.25, 0.3) is 0 Å². The molecule has 1 aromatic rings. The summed E-state index contributed by atoms with van der Waals surface area (Å²) in [6, 6.07) is 9.25. The number of hydrogen-bond acceptors (Lipinski definition) is 3. The quantitative estimate of drug-likeness (QED) is 0.452.